The first-order valence-corrected chi connectivity index (χ1v) is 13.0. The fourth-order valence-corrected chi connectivity index (χ4v) is 4.16. The van der Waals surface area contributed by atoms with E-state index in [0.29, 0.717) is 54.4 Å². The second kappa shape index (κ2) is 11.8. The predicted molar refractivity (Wildman–Crippen MR) is 143 cm³/mol. The zero-order chi connectivity index (χ0) is 27.4. The Hall–Kier alpha value is -4.03. The van der Waals surface area contributed by atoms with E-state index in [2.05, 4.69) is 20.4 Å². The van der Waals surface area contributed by atoms with Crippen LogP contribution in [0.2, 0.25) is 0 Å². The van der Waals surface area contributed by atoms with Gasteiger partial charge in [-0.2, -0.15) is 5.10 Å². The number of hydrogen-bond donors (Lipinski definition) is 1. The lowest BCUT2D eigenvalue weighted by atomic mass is 10.2. The molecule has 39 heavy (non-hydrogen) atoms. The fourth-order valence-electron chi connectivity index (χ4n) is 4.16. The Kier molecular flexibility index (Phi) is 8.03. The number of ether oxygens (including phenoxy) is 3. The zero-order valence-corrected chi connectivity index (χ0v) is 22.4. The first kappa shape index (κ1) is 26.6. The van der Waals surface area contributed by atoms with E-state index >= 15 is 0 Å². The molecule has 0 spiro atoms. The average molecular weight is 536 g/mol. The molecule has 2 aliphatic rings. The lowest BCUT2D eigenvalue weighted by Gasteiger charge is -2.23. The maximum absolute atomic E-state index is 13.0. The summed E-state index contributed by atoms with van der Waals surface area (Å²) in [6.07, 6.45) is 7.64. The number of amides is 2. The maximum Gasteiger partial charge on any atom is 0.257 e. The molecule has 12 heteroatoms. The Morgan fingerprint density at radius 3 is 2.59 bits per heavy atom. The topological polar surface area (TPSA) is 124 Å². The molecule has 5 rings (SSSR count). The van der Waals surface area contributed by atoms with Crippen molar-refractivity contribution in [2.45, 2.75) is 25.4 Å². The van der Waals surface area contributed by atoms with Gasteiger partial charge in [0.15, 0.2) is 11.6 Å². The molecule has 1 atom stereocenters. The molecule has 3 heterocycles. The number of carbonyl (C=O) groups is 2. The second-order valence-electron chi connectivity index (χ2n) is 10.1. The molecule has 1 saturated heterocycles. The van der Waals surface area contributed by atoms with E-state index in [0.717, 1.165) is 19.3 Å². The van der Waals surface area contributed by atoms with E-state index in [1.54, 1.807) is 47.1 Å². The highest BCUT2D eigenvalue weighted by molar-refractivity contribution is 6.04. The molecule has 0 unspecified atom stereocenters. The zero-order valence-electron chi connectivity index (χ0n) is 22.4. The standard InChI is InChI=1S/C27H33N7O5/c1-32(2)16-26(35)34(15-18-4-5-18)24-13-29-25(14-28-24)39-22-11-19(27(36)30-23-6-8-33(3)31-23)10-21(12-22)38-20-7-9-37-17-20/h6,8,10-14,18,20H,4-5,7,9,15-17H2,1-3H3,(H,30,31,36)/t20-/m0/s1. The van der Waals surface area contributed by atoms with Gasteiger partial charge in [-0.3, -0.25) is 19.2 Å². The summed E-state index contributed by atoms with van der Waals surface area (Å²) in [4.78, 5) is 38.2. The quantitative estimate of drug-likeness (QED) is 0.395. The molecule has 206 valence electrons. The van der Waals surface area contributed by atoms with Gasteiger partial charge in [-0.15, -0.1) is 0 Å². The lowest BCUT2D eigenvalue weighted by molar-refractivity contribution is -0.119. The van der Waals surface area contributed by atoms with Gasteiger partial charge in [0.2, 0.25) is 11.8 Å². The van der Waals surface area contributed by atoms with E-state index in [1.165, 1.54) is 12.4 Å². The van der Waals surface area contributed by atoms with Crippen molar-refractivity contribution < 1.29 is 23.8 Å². The van der Waals surface area contributed by atoms with Gasteiger partial charge in [0.1, 0.15) is 17.6 Å². The van der Waals surface area contributed by atoms with Crippen LogP contribution in [0.4, 0.5) is 11.6 Å². The minimum absolute atomic E-state index is 0.0285. The summed E-state index contributed by atoms with van der Waals surface area (Å²) in [7, 11) is 5.49. The molecule has 1 aromatic carbocycles. The third-order valence-electron chi connectivity index (χ3n) is 6.29. The van der Waals surface area contributed by atoms with Gasteiger partial charge in [0.05, 0.1) is 32.2 Å². The molecule has 1 aliphatic heterocycles. The predicted octanol–water partition coefficient (Wildman–Crippen LogP) is 2.73. The van der Waals surface area contributed by atoms with Gasteiger partial charge < -0.3 is 24.4 Å². The number of benzene rings is 1. The third kappa shape index (κ3) is 7.30. The van der Waals surface area contributed by atoms with Crippen molar-refractivity contribution in [2.75, 3.05) is 50.6 Å². The van der Waals surface area contributed by atoms with Crippen molar-refractivity contribution >= 4 is 23.5 Å². The molecule has 3 aromatic rings. The largest absolute Gasteiger partial charge is 0.488 e. The van der Waals surface area contributed by atoms with Crippen LogP contribution in [-0.2, 0) is 16.6 Å². The van der Waals surface area contributed by atoms with Crippen LogP contribution in [0.3, 0.4) is 0 Å². The van der Waals surface area contributed by atoms with Crippen LogP contribution in [-0.4, -0.2) is 83.0 Å². The highest BCUT2D eigenvalue weighted by atomic mass is 16.5. The summed E-state index contributed by atoms with van der Waals surface area (Å²) in [6, 6.07) is 6.67. The van der Waals surface area contributed by atoms with Crippen LogP contribution in [0.25, 0.3) is 0 Å². The molecular formula is C27H33N7O5. The number of nitrogens with zero attached hydrogens (tertiary/aromatic N) is 6. The van der Waals surface area contributed by atoms with Crippen LogP contribution in [0.15, 0.2) is 42.9 Å². The lowest BCUT2D eigenvalue weighted by Crippen LogP contribution is -2.39. The van der Waals surface area contributed by atoms with E-state index in [4.69, 9.17) is 14.2 Å². The summed E-state index contributed by atoms with van der Waals surface area (Å²) >= 11 is 0. The van der Waals surface area contributed by atoms with Gasteiger partial charge in [-0.1, -0.05) is 0 Å². The number of aryl methyl sites for hydroxylation is 1. The average Bonchev–Trinajstić information content (AvgIpc) is 3.40. The van der Waals surface area contributed by atoms with Crippen molar-refractivity contribution in [3.63, 3.8) is 0 Å². The minimum Gasteiger partial charge on any atom is -0.488 e. The van der Waals surface area contributed by atoms with Gasteiger partial charge in [0, 0.05) is 43.9 Å². The monoisotopic (exact) mass is 535 g/mol. The van der Waals surface area contributed by atoms with E-state index in [1.807, 2.05) is 19.0 Å². The van der Waals surface area contributed by atoms with Crippen LogP contribution < -0.4 is 19.7 Å². The highest BCUT2D eigenvalue weighted by Gasteiger charge is 2.29. The van der Waals surface area contributed by atoms with Crippen LogP contribution in [0, 0.1) is 5.92 Å². The highest BCUT2D eigenvalue weighted by Crippen LogP contribution is 2.32. The molecule has 2 aromatic heterocycles. The van der Waals surface area contributed by atoms with Crippen molar-refractivity contribution in [1.29, 1.82) is 0 Å². The second-order valence-corrected chi connectivity index (χ2v) is 10.1. The SMILES string of the molecule is CN(C)CC(=O)N(CC1CC1)c1cnc(Oc2cc(O[C@H]3CCOC3)cc(C(=O)Nc3ccn(C)n3)c2)cn1. The van der Waals surface area contributed by atoms with Gasteiger partial charge in [-0.25, -0.2) is 9.97 Å². The van der Waals surface area contributed by atoms with Gasteiger partial charge in [0.25, 0.3) is 5.91 Å². The molecule has 0 radical (unpaired) electrons. The normalized spacial score (nSPS) is 16.8. The Bertz CT molecular complexity index is 1300. The molecule has 0 bridgehead atoms. The van der Waals surface area contributed by atoms with Gasteiger partial charge >= 0.3 is 0 Å². The van der Waals surface area contributed by atoms with Crippen LogP contribution >= 0.6 is 0 Å². The number of carbonyl (C=O) groups excluding carboxylic acids is 2. The number of anilines is 2. The first-order valence-electron chi connectivity index (χ1n) is 13.0. The Morgan fingerprint density at radius 1 is 1.13 bits per heavy atom. The van der Waals surface area contributed by atoms with E-state index in [9.17, 15) is 9.59 Å². The molecule has 1 saturated carbocycles. The van der Waals surface area contributed by atoms with Gasteiger partial charge in [-0.05, 0) is 45.0 Å². The smallest absolute Gasteiger partial charge is 0.257 e. The van der Waals surface area contributed by atoms with Crippen molar-refractivity contribution in [3.8, 4) is 17.4 Å². The Balaban J connectivity index is 1.34. The van der Waals surface area contributed by atoms with E-state index < -0.39 is 0 Å². The summed E-state index contributed by atoms with van der Waals surface area (Å²) in [5.74, 6) is 2.08. The summed E-state index contributed by atoms with van der Waals surface area (Å²) in [5, 5.41) is 6.98. The molecule has 2 fully saturated rings. The van der Waals surface area contributed by atoms with Crippen molar-refractivity contribution in [1.82, 2.24) is 24.6 Å². The molecular weight excluding hydrogens is 502 g/mol. The molecule has 1 aliphatic carbocycles. The summed E-state index contributed by atoms with van der Waals surface area (Å²) in [5.41, 5.74) is 0.335. The van der Waals surface area contributed by atoms with Crippen molar-refractivity contribution in [2.24, 2.45) is 13.0 Å². The summed E-state index contributed by atoms with van der Waals surface area (Å²) in [6.45, 7) is 2.03. The first-order chi connectivity index (χ1) is 18.8. The maximum atomic E-state index is 13.0. The number of nitrogens with one attached hydrogen (secondary N) is 1. The Labute approximate surface area is 226 Å². The molecule has 12 nitrogen and oxygen atoms in total. The molecule has 1 N–H and O–H groups in total. The number of hydrogen-bond acceptors (Lipinski definition) is 9. The third-order valence-corrected chi connectivity index (χ3v) is 6.29. The van der Waals surface area contributed by atoms with Crippen LogP contribution in [0.5, 0.6) is 17.4 Å². The number of aromatic nitrogens is 4. The number of rotatable bonds is 11. The Morgan fingerprint density at radius 2 is 1.95 bits per heavy atom. The number of likely N-dealkylation sites (N-methyl/N-ethyl adjacent to an activating group) is 1. The fraction of sp³-hybridized carbons (Fsp3) is 0.444. The van der Waals surface area contributed by atoms with Crippen molar-refractivity contribution in [3.05, 3.63) is 48.4 Å². The summed E-state index contributed by atoms with van der Waals surface area (Å²) < 4.78 is 19.1. The van der Waals surface area contributed by atoms with E-state index in [-0.39, 0.29) is 30.3 Å². The van der Waals surface area contributed by atoms with Crippen LogP contribution in [0.1, 0.15) is 29.6 Å². The minimum atomic E-state index is -0.358. The molecule has 2 amide bonds.